The van der Waals surface area contributed by atoms with Crippen molar-refractivity contribution in [3.8, 4) is 0 Å². The van der Waals surface area contributed by atoms with E-state index in [0.717, 1.165) is 23.3 Å². The van der Waals surface area contributed by atoms with Crippen LogP contribution in [0.1, 0.15) is 11.1 Å². The molecule has 0 N–H and O–H groups in total. The Hall–Kier alpha value is 0.0997. The van der Waals surface area contributed by atoms with E-state index in [2.05, 4.69) is 0 Å². The molecule has 25 heavy (non-hydrogen) atoms. The zero-order valence-corrected chi connectivity index (χ0v) is 18.5. The van der Waals surface area contributed by atoms with E-state index in [0.29, 0.717) is 0 Å². The molecule has 0 saturated heterocycles. The second-order valence-corrected chi connectivity index (χ2v) is 8.30. The maximum atomic E-state index is 10.5. The fraction of sp³-hybridized carbons (Fsp3) is 0.143. The molecule has 0 saturated carbocycles. The van der Waals surface area contributed by atoms with Crippen LogP contribution in [0.25, 0.3) is 0 Å². The van der Waals surface area contributed by atoms with Crippen molar-refractivity contribution in [3.63, 3.8) is 0 Å². The Kier molecular flexibility index (Phi) is 9.91. The van der Waals surface area contributed by atoms with Gasteiger partial charge in [0, 0.05) is 10.0 Å². The summed E-state index contributed by atoms with van der Waals surface area (Å²) in [6.07, 6.45) is 0. The van der Waals surface area contributed by atoms with Gasteiger partial charge in [-0.3, -0.25) is 0 Å². The summed E-state index contributed by atoms with van der Waals surface area (Å²) in [4.78, 5) is -0.587. The summed E-state index contributed by atoms with van der Waals surface area (Å²) in [6.45, 7) is 3.45. The van der Waals surface area contributed by atoms with Crippen LogP contribution in [0.3, 0.4) is 0 Å². The molecule has 0 unspecified atom stereocenters. The molecule has 6 nitrogen and oxygen atoms in total. The second-order valence-electron chi connectivity index (χ2n) is 4.73. The van der Waals surface area contributed by atoms with E-state index < -0.39 is 20.2 Å². The van der Waals surface area contributed by atoms with Gasteiger partial charge in [-0.2, -0.15) is 0 Å². The first kappa shape index (κ1) is 25.1. The second kappa shape index (κ2) is 9.87. The van der Waals surface area contributed by atoms with Crippen molar-refractivity contribution in [1.29, 1.82) is 0 Å². The Morgan fingerprint density at radius 3 is 1.20 bits per heavy atom. The first-order valence-corrected chi connectivity index (χ1v) is 9.83. The van der Waals surface area contributed by atoms with Crippen molar-refractivity contribution in [1.82, 2.24) is 0 Å². The summed E-state index contributed by atoms with van der Waals surface area (Å²) in [5.41, 5.74) is 1.48. The number of rotatable bonds is 2. The first-order chi connectivity index (χ1) is 10.8. The van der Waals surface area contributed by atoms with Crippen LogP contribution in [0.4, 0.5) is 0 Å². The maximum Gasteiger partial charge on any atom is 2.00 e. The van der Waals surface area contributed by atoms with Gasteiger partial charge >= 0.3 is 37.7 Å². The minimum Gasteiger partial charge on any atom is -0.744 e. The smallest absolute Gasteiger partial charge is 0.744 e. The number of halogens is 2. The van der Waals surface area contributed by atoms with Gasteiger partial charge in [-0.25, -0.2) is 16.8 Å². The Morgan fingerprint density at radius 2 is 1.00 bits per heavy atom. The van der Waals surface area contributed by atoms with Crippen LogP contribution in [0.15, 0.2) is 46.2 Å². The van der Waals surface area contributed by atoms with Gasteiger partial charge in [0.05, 0.1) is 9.79 Å². The van der Waals surface area contributed by atoms with Crippen LogP contribution < -0.4 is 0 Å². The molecule has 0 atom stereocenters. The third-order valence-corrected chi connectivity index (χ3v) is 5.34. The number of benzene rings is 2. The fourth-order valence-corrected chi connectivity index (χ4v) is 2.94. The molecule has 132 valence electrons. The minimum atomic E-state index is -4.38. The van der Waals surface area contributed by atoms with Gasteiger partial charge in [-0.1, -0.05) is 35.3 Å². The molecule has 0 heterocycles. The minimum absolute atomic E-state index is 0. The Morgan fingerprint density at radius 1 is 0.720 bits per heavy atom. The molecule has 0 bridgehead atoms. The quantitative estimate of drug-likeness (QED) is 0.512. The van der Waals surface area contributed by atoms with E-state index in [4.69, 9.17) is 23.2 Å². The summed E-state index contributed by atoms with van der Waals surface area (Å²) in [6, 6.07) is 7.77. The van der Waals surface area contributed by atoms with E-state index in [-0.39, 0.29) is 57.6 Å². The van der Waals surface area contributed by atoms with Gasteiger partial charge < -0.3 is 9.11 Å². The van der Waals surface area contributed by atoms with E-state index in [1.165, 1.54) is 24.3 Å². The summed E-state index contributed by atoms with van der Waals surface area (Å²) in [5.74, 6) is 0. The molecular weight excluding hydrogens is 439 g/mol. The third kappa shape index (κ3) is 8.11. The van der Waals surface area contributed by atoms with Crippen LogP contribution in [0, 0.1) is 13.8 Å². The first-order valence-electron chi connectivity index (χ1n) is 6.26. The zero-order valence-electron chi connectivity index (χ0n) is 13.2. The van der Waals surface area contributed by atoms with Crippen LogP contribution >= 0.6 is 23.2 Å². The molecule has 11 heteroatoms. The van der Waals surface area contributed by atoms with Crippen molar-refractivity contribution in [2.45, 2.75) is 23.6 Å². The van der Waals surface area contributed by atoms with Gasteiger partial charge in [-0.15, -0.1) is 0 Å². The third-order valence-electron chi connectivity index (χ3n) is 2.86. The van der Waals surface area contributed by atoms with Crippen molar-refractivity contribution < 1.29 is 25.9 Å². The largest absolute Gasteiger partial charge is 2.00 e. The summed E-state index contributed by atoms with van der Waals surface area (Å²) in [5, 5.41) is 0.568. The molecule has 0 aliphatic carbocycles. The Balaban J connectivity index is 0.000000443. The maximum absolute atomic E-state index is 10.5. The van der Waals surface area contributed by atoms with Gasteiger partial charge in [0.1, 0.15) is 20.2 Å². The molecule has 2 aromatic carbocycles. The number of hydrogen-bond acceptors (Lipinski definition) is 6. The van der Waals surface area contributed by atoms with Crippen LogP contribution in [0.2, 0.25) is 10.0 Å². The molecule has 0 fully saturated rings. The predicted molar refractivity (Wildman–Crippen MR) is 94.1 cm³/mol. The summed E-state index contributed by atoms with van der Waals surface area (Å²) in [7, 11) is -8.75. The van der Waals surface area contributed by atoms with E-state index >= 15 is 0 Å². The molecule has 0 aliphatic heterocycles. The number of aryl methyl sites for hydroxylation is 2. The molecule has 0 spiro atoms. The molecule has 0 aliphatic rings. The zero-order chi connectivity index (χ0) is 18.7. The molecule has 2 rings (SSSR count). The van der Waals surface area contributed by atoms with Gasteiger partial charge in [0.2, 0.25) is 0 Å². The van der Waals surface area contributed by atoms with Crippen molar-refractivity contribution in [3.05, 3.63) is 57.6 Å². The van der Waals surface area contributed by atoms with Crippen molar-refractivity contribution in [2.24, 2.45) is 0 Å². The van der Waals surface area contributed by atoms with Crippen LogP contribution in [-0.4, -0.2) is 63.7 Å². The van der Waals surface area contributed by atoms with E-state index in [9.17, 15) is 25.9 Å². The molecule has 0 radical (unpaired) electrons. The average Bonchev–Trinajstić information content (AvgIpc) is 2.43. The normalized spacial score (nSPS) is 11.1. The molecule has 2 aromatic rings. The van der Waals surface area contributed by atoms with Gasteiger partial charge in [0.15, 0.2) is 0 Å². The Bertz CT molecular complexity index is 880. The topological polar surface area (TPSA) is 114 Å². The average molecular weight is 451 g/mol. The number of hydrogen-bond donors (Lipinski definition) is 0. The monoisotopic (exact) mass is 450 g/mol. The fourth-order valence-electron chi connectivity index (χ4n) is 1.46. The standard InChI is InChI=1S/2C7H7ClO3S.Ca/c2*1-5-2-3-6(4-7(5)8)12(9,10)11;/h2*2-4H,1H3,(H,9,10,11);/q;;+2/p-2. The SMILES string of the molecule is Cc1ccc(S(=O)(=O)[O-])cc1Cl.Cc1ccc(S(=O)(=O)[O-])cc1Cl.[Ca+2]. The van der Waals surface area contributed by atoms with Crippen molar-refractivity contribution >= 4 is 81.2 Å². The summed E-state index contributed by atoms with van der Waals surface area (Å²) < 4.78 is 62.9. The molecular formula is C14H12CaCl2O6S2. The van der Waals surface area contributed by atoms with E-state index in [1.807, 2.05) is 0 Å². The van der Waals surface area contributed by atoms with Crippen LogP contribution in [-0.2, 0) is 20.2 Å². The Labute approximate surface area is 186 Å². The van der Waals surface area contributed by atoms with Crippen molar-refractivity contribution in [2.75, 3.05) is 0 Å². The van der Waals surface area contributed by atoms with Gasteiger partial charge in [0.25, 0.3) is 0 Å². The molecule has 0 amide bonds. The van der Waals surface area contributed by atoms with E-state index in [1.54, 1.807) is 13.8 Å². The molecule has 0 aromatic heterocycles. The van der Waals surface area contributed by atoms with Gasteiger partial charge in [-0.05, 0) is 49.2 Å². The predicted octanol–water partition coefficient (Wildman–Crippen LogP) is 2.72. The van der Waals surface area contributed by atoms with Crippen LogP contribution in [0.5, 0.6) is 0 Å². The summed E-state index contributed by atoms with van der Waals surface area (Å²) >= 11 is 11.2.